The number of aromatic nitrogens is 5. The molecule has 5 rings (SSSR count). The molecular weight excluding hydrogens is 532 g/mol. The van der Waals surface area contributed by atoms with E-state index in [1.807, 2.05) is 67.7 Å². The maximum atomic E-state index is 12.7. The number of fused-ring (bicyclic) bond motifs is 1. The minimum absolute atomic E-state index is 0.204. The van der Waals surface area contributed by atoms with Crippen LogP contribution in [0.1, 0.15) is 39.0 Å². The van der Waals surface area contributed by atoms with E-state index in [9.17, 15) is 9.59 Å². The van der Waals surface area contributed by atoms with Gasteiger partial charge in [-0.3, -0.25) is 14.7 Å². The third-order valence-corrected chi connectivity index (χ3v) is 6.28. The molecule has 42 heavy (non-hydrogen) atoms. The van der Waals surface area contributed by atoms with Crippen molar-refractivity contribution in [3.05, 3.63) is 84.4 Å². The van der Waals surface area contributed by atoms with Crippen molar-refractivity contribution >= 4 is 23.1 Å². The van der Waals surface area contributed by atoms with E-state index in [-0.39, 0.29) is 13.3 Å². The number of carbonyl (C=O) groups excluding carboxylic acids is 2. The molecule has 0 radical (unpaired) electrons. The minimum Gasteiger partial charge on any atom is -0.444 e. The maximum Gasteiger partial charge on any atom is 0.413 e. The van der Waals surface area contributed by atoms with E-state index in [1.54, 1.807) is 33.2 Å². The van der Waals surface area contributed by atoms with Gasteiger partial charge in [0.15, 0.2) is 12.6 Å². The monoisotopic (exact) mass is 564 g/mol. The number of benzene rings is 1. The Bertz CT molecular complexity index is 1740. The first kappa shape index (κ1) is 28.4. The third kappa shape index (κ3) is 6.77. The number of aromatic amines is 1. The molecule has 5 aromatic rings. The van der Waals surface area contributed by atoms with Crippen LogP contribution in [0.4, 0.5) is 4.79 Å². The lowest BCUT2D eigenvalue weighted by Gasteiger charge is -2.27. The summed E-state index contributed by atoms with van der Waals surface area (Å²) in [6, 6.07) is 17.5. The standard InChI is InChI=1S/C32H32N6O4/c1-20-7-6-8-27(35-20)30-36-28(26-13-14-34-29(26)37-30)25-15-24(16-33-17-25)23-11-9-22(10-12-23)18-38(19-41-21(2)39)31(40)42-32(3,4)5/h6-17H,18-19H2,1-5H3,(H,34,36,37). The molecule has 1 amide bonds. The van der Waals surface area contributed by atoms with Gasteiger partial charge in [0.25, 0.3) is 0 Å². The van der Waals surface area contributed by atoms with E-state index in [4.69, 9.17) is 14.5 Å². The molecule has 1 N–H and O–H groups in total. The van der Waals surface area contributed by atoms with Gasteiger partial charge in [-0.25, -0.2) is 19.7 Å². The lowest BCUT2D eigenvalue weighted by atomic mass is 10.0. The number of amides is 1. The van der Waals surface area contributed by atoms with Crippen molar-refractivity contribution in [2.24, 2.45) is 0 Å². The molecule has 0 atom stereocenters. The van der Waals surface area contributed by atoms with Crippen LogP contribution in [-0.2, 0) is 20.8 Å². The number of rotatable bonds is 7. The number of carbonyl (C=O) groups is 2. The second-order valence-electron chi connectivity index (χ2n) is 10.9. The molecule has 214 valence electrons. The van der Waals surface area contributed by atoms with Crippen molar-refractivity contribution in [2.75, 3.05) is 6.73 Å². The van der Waals surface area contributed by atoms with Crippen LogP contribution in [0.2, 0.25) is 0 Å². The summed E-state index contributed by atoms with van der Waals surface area (Å²) in [5.74, 6) is 0.0517. The summed E-state index contributed by atoms with van der Waals surface area (Å²) < 4.78 is 10.6. The lowest BCUT2D eigenvalue weighted by molar-refractivity contribution is -0.145. The van der Waals surface area contributed by atoms with Crippen LogP contribution in [0.3, 0.4) is 0 Å². The quantitative estimate of drug-likeness (QED) is 0.180. The van der Waals surface area contributed by atoms with Crippen molar-refractivity contribution < 1.29 is 19.1 Å². The Morgan fingerprint density at radius 2 is 1.69 bits per heavy atom. The van der Waals surface area contributed by atoms with Gasteiger partial charge in [0, 0.05) is 47.7 Å². The zero-order chi connectivity index (χ0) is 29.9. The maximum absolute atomic E-state index is 12.7. The highest BCUT2D eigenvalue weighted by molar-refractivity contribution is 5.92. The molecular formula is C32H32N6O4. The number of hydrogen-bond donors (Lipinski definition) is 1. The van der Waals surface area contributed by atoms with Crippen molar-refractivity contribution in [3.63, 3.8) is 0 Å². The topological polar surface area (TPSA) is 123 Å². The minimum atomic E-state index is -0.680. The van der Waals surface area contributed by atoms with Gasteiger partial charge >= 0.3 is 12.1 Å². The lowest BCUT2D eigenvalue weighted by Crippen LogP contribution is -2.38. The Balaban J connectivity index is 1.42. The highest BCUT2D eigenvalue weighted by Gasteiger charge is 2.23. The second kappa shape index (κ2) is 11.8. The number of nitrogens with zero attached hydrogens (tertiary/aromatic N) is 5. The number of esters is 1. The smallest absolute Gasteiger partial charge is 0.413 e. The molecule has 0 spiro atoms. The van der Waals surface area contributed by atoms with Crippen LogP contribution in [0, 0.1) is 6.92 Å². The van der Waals surface area contributed by atoms with E-state index in [0.29, 0.717) is 11.5 Å². The number of hydrogen-bond acceptors (Lipinski definition) is 8. The summed E-state index contributed by atoms with van der Waals surface area (Å²) in [6.07, 6.45) is 4.86. The average Bonchev–Trinajstić information content (AvgIpc) is 3.43. The van der Waals surface area contributed by atoms with Crippen LogP contribution in [0.25, 0.3) is 44.9 Å². The first-order valence-electron chi connectivity index (χ1n) is 13.5. The van der Waals surface area contributed by atoms with Gasteiger partial charge in [-0.1, -0.05) is 30.3 Å². The number of pyridine rings is 2. The summed E-state index contributed by atoms with van der Waals surface area (Å²) in [6.45, 7) is 8.60. The molecule has 0 saturated carbocycles. The Morgan fingerprint density at radius 3 is 2.40 bits per heavy atom. The number of ether oxygens (including phenoxy) is 2. The Kier molecular flexibility index (Phi) is 7.97. The molecule has 0 aliphatic rings. The Labute approximate surface area is 243 Å². The molecule has 0 fully saturated rings. The number of aryl methyl sites for hydroxylation is 1. The van der Waals surface area contributed by atoms with E-state index < -0.39 is 17.7 Å². The van der Waals surface area contributed by atoms with Gasteiger partial charge < -0.3 is 14.5 Å². The summed E-state index contributed by atoms with van der Waals surface area (Å²) in [4.78, 5) is 47.3. The van der Waals surface area contributed by atoms with Crippen molar-refractivity contribution in [1.29, 1.82) is 0 Å². The molecule has 10 nitrogen and oxygen atoms in total. The SMILES string of the molecule is CC(=O)OCN(Cc1ccc(-c2cncc(-c3nc(-c4cccc(C)n4)nc4[nH]ccc34)c2)cc1)C(=O)OC(C)(C)C. The van der Waals surface area contributed by atoms with Gasteiger partial charge in [-0.15, -0.1) is 0 Å². The fourth-order valence-electron chi connectivity index (χ4n) is 4.35. The van der Waals surface area contributed by atoms with E-state index in [2.05, 4.69) is 19.9 Å². The van der Waals surface area contributed by atoms with E-state index in [0.717, 1.165) is 44.7 Å². The zero-order valence-corrected chi connectivity index (χ0v) is 24.2. The molecule has 0 aliphatic carbocycles. The Morgan fingerprint density at radius 1 is 0.929 bits per heavy atom. The molecule has 0 bridgehead atoms. The summed E-state index contributed by atoms with van der Waals surface area (Å²) in [7, 11) is 0. The Hall–Kier alpha value is -5.12. The van der Waals surface area contributed by atoms with Gasteiger partial charge in [0.2, 0.25) is 0 Å². The fraction of sp³-hybridized carbons (Fsp3) is 0.250. The summed E-state index contributed by atoms with van der Waals surface area (Å²) in [5, 5.41) is 0.885. The van der Waals surface area contributed by atoms with Gasteiger partial charge in [-0.05, 0) is 63.1 Å². The first-order valence-corrected chi connectivity index (χ1v) is 13.5. The molecule has 1 aromatic carbocycles. The van der Waals surface area contributed by atoms with Crippen LogP contribution in [0.5, 0.6) is 0 Å². The van der Waals surface area contributed by atoms with Gasteiger partial charge in [-0.2, -0.15) is 0 Å². The normalized spacial score (nSPS) is 11.4. The predicted octanol–water partition coefficient (Wildman–Crippen LogP) is 6.32. The number of H-pyrrole nitrogens is 1. The van der Waals surface area contributed by atoms with E-state index >= 15 is 0 Å². The van der Waals surface area contributed by atoms with Crippen LogP contribution in [0.15, 0.2) is 73.2 Å². The molecule has 4 heterocycles. The van der Waals surface area contributed by atoms with Crippen molar-refractivity contribution in [2.45, 2.75) is 46.8 Å². The van der Waals surface area contributed by atoms with Crippen molar-refractivity contribution in [1.82, 2.24) is 29.8 Å². The third-order valence-electron chi connectivity index (χ3n) is 6.28. The van der Waals surface area contributed by atoms with Crippen LogP contribution < -0.4 is 0 Å². The molecule has 0 unspecified atom stereocenters. The van der Waals surface area contributed by atoms with Crippen molar-refractivity contribution in [3.8, 4) is 33.9 Å². The number of nitrogens with one attached hydrogen (secondary N) is 1. The largest absolute Gasteiger partial charge is 0.444 e. The highest BCUT2D eigenvalue weighted by atomic mass is 16.6. The highest BCUT2D eigenvalue weighted by Crippen LogP contribution is 2.31. The van der Waals surface area contributed by atoms with Crippen LogP contribution >= 0.6 is 0 Å². The summed E-state index contributed by atoms with van der Waals surface area (Å²) >= 11 is 0. The van der Waals surface area contributed by atoms with E-state index in [1.165, 1.54) is 11.8 Å². The first-order chi connectivity index (χ1) is 20.1. The zero-order valence-electron chi connectivity index (χ0n) is 24.2. The summed E-state index contributed by atoms with van der Waals surface area (Å²) in [5.41, 5.74) is 5.91. The van der Waals surface area contributed by atoms with Gasteiger partial charge in [0.05, 0.1) is 12.2 Å². The molecule has 0 saturated heterocycles. The fourth-order valence-corrected chi connectivity index (χ4v) is 4.35. The average molecular weight is 565 g/mol. The van der Waals surface area contributed by atoms with Crippen LogP contribution in [-0.4, -0.2) is 54.2 Å². The second-order valence-corrected chi connectivity index (χ2v) is 10.9. The van der Waals surface area contributed by atoms with Gasteiger partial charge in [0.1, 0.15) is 16.9 Å². The molecule has 0 aliphatic heterocycles. The predicted molar refractivity (Wildman–Crippen MR) is 159 cm³/mol. The molecule has 10 heteroatoms. The molecule has 4 aromatic heterocycles.